The van der Waals surface area contributed by atoms with E-state index in [0.29, 0.717) is 28.3 Å². The fourth-order valence-corrected chi connectivity index (χ4v) is 4.89. The molecule has 1 aliphatic rings. The molecular weight excluding hydrogens is 400 g/mol. The van der Waals surface area contributed by atoms with Crippen LogP contribution in [0.2, 0.25) is 0 Å². The molecule has 1 amide bonds. The van der Waals surface area contributed by atoms with Crippen LogP contribution in [0.1, 0.15) is 44.0 Å². The quantitative estimate of drug-likeness (QED) is 0.686. The summed E-state index contributed by atoms with van der Waals surface area (Å²) < 4.78 is 24.7. The Morgan fingerprint density at radius 1 is 1.23 bits per heavy atom. The van der Waals surface area contributed by atoms with Crippen molar-refractivity contribution in [3.05, 3.63) is 42.2 Å². The number of benzene rings is 1. The first-order valence-electron chi connectivity index (χ1n) is 10.2. The fourth-order valence-electron chi connectivity index (χ4n) is 3.83. The molecule has 1 unspecified atom stereocenters. The minimum atomic E-state index is -3.33. The number of H-pyrrole nitrogens is 1. The number of nitrogens with one attached hydrogen (secondary N) is 1. The monoisotopic (exact) mass is 426 g/mol. The van der Waals surface area contributed by atoms with Gasteiger partial charge in [0.05, 0.1) is 27.6 Å². The molecule has 0 radical (unpaired) electrons. The molecule has 2 aromatic heterocycles. The molecule has 1 fully saturated rings. The van der Waals surface area contributed by atoms with Crippen LogP contribution in [0.25, 0.3) is 22.4 Å². The topological polar surface area (TPSA) is 96.0 Å². The number of likely N-dealkylation sites (tertiary alicyclic amines) is 1. The smallest absolute Gasteiger partial charge is 0.257 e. The van der Waals surface area contributed by atoms with Gasteiger partial charge >= 0.3 is 0 Å². The van der Waals surface area contributed by atoms with E-state index >= 15 is 0 Å². The van der Waals surface area contributed by atoms with E-state index in [0.717, 1.165) is 31.5 Å². The number of aromatic amines is 1. The van der Waals surface area contributed by atoms with E-state index in [9.17, 15) is 13.2 Å². The molecule has 0 bridgehead atoms. The van der Waals surface area contributed by atoms with Crippen LogP contribution in [0, 0.1) is 5.92 Å². The molecule has 3 heterocycles. The highest BCUT2D eigenvalue weighted by Crippen LogP contribution is 2.25. The predicted octanol–water partition coefficient (Wildman–Crippen LogP) is 3.68. The summed E-state index contributed by atoms with van der Waals surface area (Å²) in [5.41, 5.74) is 2.96. The number of hydrogen-bond acceptors (Lipinski definition) is 5. The first-order chi connectivity index (χ1) is 14.3. The highest BCUT2D eigenvalue weighted by molar-refractivity contribution is 7.92. The second-order valence-electron chi connectivity index (χ2n) is 8.27. The van der Waals surface area contributed by atoms with Gasteiger partial charge < -0.3 is 9.88 Å². The van der Waals surface area contributed by atoms with Gasteiger partial charge in [0, 0.05) is 24.8 Å². The number of carbonyl (C=O) groups is 1. The minimum Gasteiger partial charge on any atom is -0.344 e. The van der Waals surface area contributed by atoms with Gasteiger partial charge in [-0.3, -0.25) is 4.79 Å². The predicted molar refractivity (Wildman–Crippen MR) is 116 cm³/mol. The summed E-state index contributed by atoms with van der Waals surface area (Å²) in [6.45, 7) is 7.00. The Hall–Kier alpha value is -2.74. The average molecular weight is 427 g/mol. The van der Waals surface area contributed by atoms with Crippen LogP contribution >= 0.6 is 0 Å². The Morgan fingerprint density at radius 3 is 2.63 bits per heavy atom. The van der Waals surface area contributed by atoms with E-state index in [1.807, 2.05) is 4.90 Å². The summed E-state index contributed by atoms with van der Waals surface area (Å²) in [7, 11) is -3.33. The Balaban J connectivity index is 1.67. The summed E-state index contributed by atoms with van der Waals surface area (Å²) in [5.74, 6) is 0.466. The van der Waals surface area contributed by atoms with Crippen molar-refractivity contribution < 1.29 is 13.2 Å². The van der Waals surface area contributed by atoms with Crippen LogP contribution in [0.5, 0.6) is 0 Å². The molecule has 1 aromatic carbocycles. The maximum absolute atomic E-state index is 13.1. The third-order valence-corrected chi connectivity index (χ3v) is 7.83. The average Bonchev–Trinajstić information content (AvgIpc) is 3.16. The lowest BCUT2D eigenvalue weighted by atomic mass is 10.00. The second-order valence-corrected chi connectivity index (χ2v) is 10.8. The van der Waals surface area contributed by atoms with Gasteiger partial charge in [-0.05, 0) is 44.7 Å². The zero-order valence-corrected chi connectivity index (χ0v) is 18.2. The van der Waals surface area contributed by atoms with Crippen molar-refractivity contribution in [1.29, 1.82) is 0 Å². The standard InChI is InChI=1S/C22H26N4O3S/c1-14(2)30(28,29)17-8-6-16(7-9-17)19-12-24-21-20(25-19)18(11-23-21)22(27)26-10-4-5-15(3)13-26/h6-9,11-12,14-15H,4-5,10,13H2,1-3H3,(H,23,24). The maximum atomic E-state index is 13.1. The Kier molecular flexibility index (Phi) is 5.36. The number of hydrogen-bond donors (Lipinski definition) is 1. The lowest BCUT2D eigenvalue weighted by Gasteiger charge is -2.30. The summed E-state index contributed by atoms with van der Waals surface area (Å²) in [6.07, 6.45) is 5.46. The van der Waals surface area contributed by atoms with Gasteiger partial charge in [0.2, 0.25) is 0 Å². The zero-order valence-electron chi connectivity index (χ0n) is 17.4. The van der Waals surface area contributed by atoms with Crippen LogP contribution in [0.4, 0.5) is 0 Å². The lowest BCUT2D eigenvalue weighted by Crippen LogP contribution is -2.39. The zero-order chi connectivity index (χ0) is 21.5. The van der Waals surface area contributed by atoms with Crippen molar-refractivity contribution in [2.75, 3.05) is 13.1 Å². The van der Waals surface area contributed by atoms with E-state index in [1.165, 1.54) is 0 Å². The van der Waals surface area contributed by atoms with Crippen LogP contribution in [0.15, 0.2) is 41.6 Å². The van der Waals surface area contributed by atoms with Crippen molar-refractivity contribution in [3.8, 4) is 11.3 Å². The van der Waals surface area contributed by atoms with Crippen LogP contribution in [0.3, 0.4) is 0 Å². The van der Waals surface area contributed by atoms with Crippen molar-refractivity contribution in [3.63, 3.8) is 0 Å². The van der Waals surface area contributed by atoms with Gasteiger partial charge in [0.15, 0.2) is 15.5 Å². The SMILES string of the molecule is CC1CCCN(C(=O)c2c[nH]c3ncc(-c4ccc(S(=O)(=O)C(C)C)cc4)nc23)C1. The fraction of sp³-hybridized carbons (Fsp3) is 0.409. The summed E-state index contributed by atoms with van der Waals surface area (Å²) in [6, 6.07) is 6.64. The highest BCUT2D eigenvalue weighted by atomic mass is 32.2. The number of piperidine rings is 1. The number of carbonyl (C=O) groups excluding carboxylic acids is 1. The van der Waals surface area contributed by atoms with Gasteiger partial charge in [0.1, 0.15) is 5.52 Å². The summed E-state index contributed by atoms with van der Waals surface area (Å²) in [5, 5.41) is -0.481. The van der Waals surface area contributed by atoms with Crippen LogP contribution in [-0.4, -0.2) is 52.5 Å². The normalized spacial score (nSPS) is 17.6. The van der Waals surface area contributed by atoms with E-state index in [1.54, 1.807) is 50.5 Å². The van der Waals surface area contributed by atoms with Gasteiger partial charge in [0.25, 0.3) is 5.91 Å². The van der Waals surface area contributed by atoms with Gasteiger partial charge in [-0.15, -0.1) is 0 Å². The molecule has 4 rings (SSSR count). The number of sulfone groups is 1. The summed E-state index contributed by atoms with van der Waals surface area (Å²) >= 11 is 0. The van der Waals surface area contributed by atoms with Crippen molar-refractivity contribution >= 4 is 26.9 Å². The van der Waals surface area contributed by atoms with Gasteiger partial charge in [-0.25, -0.2) is 18.4 Å². The second kappa shape index (κ2) is 7.83. The molecule has 1 aliphatic heterocycles. The minimum absolute atomic E-state index is 0.0300. The summed E-state index contributed by atoms with van der Waals surface area (Å²) in [4.78, 5) is 27.4. The van der Waals surface area contributed by atoms with Gasteiger partial charge in [-0.2, -0.15) is 0 Å². The van der Waals surface area contributed by atoms with Gasteiger partial charge in [-0.1, -0.05) is 19.1 Å². The third kappa shape index (κ3) is 3.71. The van der Waals surface area contributed by atoms with Crippen LogP contribution < -0.4 is 0 Å². The Labute approximate surface area is 176 Å². The molecule has 0 spiro atoms. The number of fused-ring (bicyclic) bond motifs is 1. The first kappa shape index (κ1) is 20.5. The number of rotatable bonds is 4. The molecule has 1 saturated heterocycles. The lowest BCUT2D eigenvalue weighted by molar-refractivity contribution is 0.0685. The van der Waals surface area contributed by atoms with E-state index in [2.05, 4.69) is 21.9 Å². The Morgan fingerprint density at radius 2 is 1.97 bits per heavy atom. The number of amides is 1. The molecule has 0 saturated carbocycles. The molecule has 1 atom stereocenters. The molecule has 0 aliphatic carbocycles. The van der Waals surface area contributed by atoms with E-state index < -0.39 is 15.1 Å². The number of nitrogens with zero attached hydrogens (tertiary/aromatic N) is 3. The molecule has 30 heavy (non-hydrogen) atoms. The van der Waals surface area contributed by atoms with E-state index in [-0.39, 0.29) is 10.8 Å². The van der Waals surface area contributed by atoms with Crippen LogP contribution in [-0.2, 0) is 9.84 Å². The largest absolute Gasteiger partial charge is 0.344 e. The van der Waals surface area contributed by atoms with E-state index in [4.69, 9.17) is 0 Å². The molecule has 3 aromatic rings. The Bertz CT molecular complexity index is 1180. The van der Waals surface area contributed by atoms with Crippen molar-refractivity contribution in [2.45, 2.75) is 43.8 Å². The highest BCUT2D eigenvalue weighted by Gasteiger charge is 2.25. The molecule has 158 valence electrons. The van der Waals surface area contributed by atoms with Crippen molar-refractivity contribution in [2.24, 2.45) is 5.92 Å². The third-order valence-electron chi connectivity index (χ3n) is 5.65. The first-order valence-corrected chi connectivity index (χ1v) is 11.8. The molecular formula is C22H26N4O3S. The maximum Gasteiger partial charge on any atom is 0.257 e. The molecule has 7 nitrogen and oxygen atoms in total. The molecule has 8 heteroatoms. The van der Waals surface area contributed by atoms with Crippen molar-refractivity contribution in [1.82, 2.24) is 19.9 Å². The molecule has 1 N–H and O–H groups in total. The number of aromatic nitrogens is 3.